The molecule has 8 nitrogen and oxygen atoms in total. The summed E-state index contributed by atoms with van der Waals surface area (Å²) in [5, 5.41) is 6.26. The summed E-state index contributed by atoms with van der Waals surface area (Å²) in [7, 11) is 3.11. The first-order chi connectivity index (χ1) is 17.9. The molecule has 5 rings (SSSR count). The van der Waals surface area contributed by atoms with E-state index in [2.05, 4.69) is 15.6 Å². The van der Waals surface area contributed by atoms with Gasteiger partial charge in [0, 0.05) is 35.1 Å². The van der Waals surface area contributed by atoms with Crippen molar-refractivity contribution < 1.29 is 28.2 Å². The summed E-state index contributed by atoms with van der Waals surface area (Å²) in [5.41, 5.74) is 0.422. The van der Waals surface area contributed by atoms with E-state index in [9.17, 15) is 14.0 Å². The first-order valence-electron chi connectivity index (χ1n) is 11.6. The minimum Gasteiger partial charge on any atom is -0.493 e. The molecule has 0 radical (unpaired) electrons. The molecule has 1 fully saturated rings. The standard InChI is InChI=1S/C28H24FN3O5/c1-35-24-15-21-22(16-25(24)36-2)30-13-10-23(21)37-20-5-3-4-19(14-20)32-27(34)28(11-12-28)26(33)31-18-8-6-17(29)7-9-18/h3-10,13-16H,11-12H2,1-2H3,(H,31,33)(H,32,34). The molecule has 0 atom stereocenters. The maximum Gasteiger partial charge on any atom is 0.240 e. The lowest BCUT2D eigenvalue weighted by Gasteiger charge is -2.16. The second-order valence-electron chi connectivity index (χ2n) is 8.66. The molecule has 4 aromatic rings. The van der Waals surface area contributed by atoms with Gasteiger partial charge in [-0.1, -0.05) is 6.07 Å². The molecule has 1 heterocycles. The number of halogens is 1. The number of carbonyl (C=O) groups excluding carboxylic acids is 2. The van der Waals surface area contributed by atoms with Crippen LogP contribution in [0.15, 0.2) is 72.9 Å². The molecule has 2 N–H and O–H groups in total. The molecule has 0 spiro atoms. The third-order valence-electron chi connectivity index (χ3n) is 6.25. The number of methoxy groups -OCH3 is 2. The molecule has 188 valence electrons. The second-order valence-corrected chi connectivity index (χ2v) is 8.66. The Bertz CT molecular complexity index is 1490. The molecule has 0 saturated heterocycles. The lowest BCUT2D eigenvalue weighted by molar-refractivity contribution is -0.131. The molecule has 37 heavy (non-hydrogen) atoms. The molecule has 1 aromatic heterocycles. The molecule has 0 aliphatic heterocycles. The van der Waals surface area contributed by atoms with Crippen LogP contribution in [0, 0.1) is 11.2 Å². The van der Waals surface area contributed by atoms with Crippen LogP contribution in [0.2, 0.25) is 0 Å². The van der Waals surface area contributed by atoms with Crippen LogP contribution in [-0.2, 0) is 9.59 Å². The zero-order valence-electron chi connectivity index (χ0n) is 20.2. The summed E-state index contributed by atoms with van der Waals surface area (Å²) in [6.07, 6.45) is 2.48. The smallest absolute Gasteiger partial charge is 0.240 e. The van der Waals surface area contributed by atoms with Crippen LogP contribution in [0.25, 0.3) is 10.9 Å². The van der Waals surface area contributed by atoms with Crippen LogP contribution in [0.4, 0.5) is 15.8 Å². The van der Waals surface area contributed by atoms with E-state index >= 15 is 0 Å². The monoisotopic (exact) mass is 501 g/mol. The number of benzene rings is 3. The third kappa shape index (κ3) is 4.88. The minimum absolute atomic E-state index is 0.405. The number of pyridine rings is 1. The lowest BCUT2D eigenvalue weighted by Crippen LogP contribution is -2.35. The van der Waals surface area contributed by atoms with Crippen molar-refractivity contribution >= 4 is 34.1 Å². The molecule has 3 aromatic carbocycles. The third-order valence-corrected chi connectivity index (χ3v) is 6.25. The number of nitrogens with zero attached hydrogens (tertiary/aromatic N) is 1. The summed E-state index contributed by atoms with van der Waals surface area (Å²) in [4.78, 5) is 30.3. The van der Waals surface area contributed by atoms with E-state index in [1.54, 1.807) is 62.9 Å². The van der Waals surface area contributed by atoms with E-state index in [1.807, 2.05) is 0 Å². The molecule has 1 saturated carbocycles. The molecular formula is C28H24FN3O5. The molecule has 2 amide bonds. The highest BCUT2D eigenvalue weighted by molar-refractivity contribution is 6.16. The Morgan fingerprint density at radius 1 is 0.838 bits per heavy atom. The van der Waals surface area contributed by atoms with Gasteiger partial charge in [0.15, 0.2) is 11.5 Å². The molecule has 1 aliphatic rings. The highest BCUT2D eigenvalue weighted by atomic mass is 19.1. The lowest BCUT2D eigenvalue weighted by atomic mass is 10.0. The van der Waals surface area contributed by atoms with Gasteiger partial charge >= 0.3 is 0 Å². The number of anilines is 2. The van der Waals surface area contributed by atoms with Crippen molar-refractivity contribution in [3.63, 3.8) is 0 Å². The molecule has 0 unspecified atom stereocenters. The van der Waals surface area contributed by atoms with Gasteiger partial charge in [0.25, 0.3) is 0 Å². The van der Waals surface area contributed by atoms with Crippen LogP contribution in [-0.4, -0.2) is 31.0 Å². The number of hydrogen-bond acceptors (Lipinski definition) is 6. The Balaban J connectivity index is 1.32. The van der Waals surface area contributed by atoms with Gasteiger partial charge in [-0.3, -0.25) is 14.6 Å². The number of fused-ring (bicyclic) bond motifs is 1. The average molecular weight is 502 g/mol. The topological polar surface area (TPSA) is 98.8 Å². The van der Waals surface area contributed by atoms with Gasteiger partial charge in [0.1, 0.15) is 22.7 Å². The highest BCUT2D eigenvalue weighted by Gasteiger charge is 2.56. The van der Waals surface area contributed by atoms with E-state index in [4.69, 9.17) is 14.2 Å². The summed E-state index contributed by atoms with van der Waals surface area (Å²) < 4.78 is 30.0. The van der Waals surface area contributed by atoms with Crippen molar-refractivity contribution in [2.45, 2.75) is 12.8 Å². The fourth-order valence-corrected chi connectivity index (χ4v) is 4.02. The molecular weight excluding hydrogens is 477 g/mol. The normalized spacial score (nSPS) is 13.5. The second kappa shape index (κ2) is 9.77. The van der Waals surface area contributed by atoms with E-state index in [1.165, 1.54) is 24.3 Å². The first-order valence-corrected chi connectivity index (χ1v) is 11.6. The van der Waals surface area contributed by atoms with E-state index < -0.39 is 23.0 Å². The van der Waals surface area contributed by atoms with Crippen molar-refractivity contribution in [2.24, 2.45) is 5.41 Å². The summed E-state index contributed by atoms with van der Waals surface area (Å²) >= 11 is 0. The number of hydrogen-bond donors (Lipinski definition) is 2. The Kier molecular flexibility index (Phi) is 6.35. The van der Waals surface area contributed by atoms with Crippen molar-refractivity contribution in [3.8, 4) is 23.0 Å². The summed E-state index contributed by atoms with van der Waals surface area (Å²) in [6, 6.07) is 17.6. The van der Waals surface area contributed by atoms with Crippen LogP contribution in [0.3, 0.4) is 0 Å². The number of rotatable bonds is 8. The first kappa shape index (κ1) is 24.1. The quantitative estimate of drug-likeness (QED) is 0.308. The largest absolute Gasteiger partial charge is 0.493 e. The maximum atomic E-state index is 13.2. The maximum absolute atomic E-state index is 13.2. The number of ether oxygens (including phenoxy) is 3. The van der Waals surface area contributed by atoms with Crippen LogP contribution in [0.1, 0.15) is 12.8 Å². The van der Waals surface area contributed by atoms with Crippen molar-refractivity contribution in [3.05, 3.63) is 78.7 Å². The predicted octanol–water partition coefficient (Wildman–Crippen LogP) is 5.54. The number of carbonyl (C=O) groups is 2. The van der Waals surface area contributed by atoms with E-state index in [0.717, 1.165) is 5.39 Å². The van der Waals surface area contributed by atoms with Gasteiger partial charge in [-0.05, 0) is 61.4 Å². The van der Waals surface area contributed by atoms with Gasteiger partial charge in [0.2, 0.25) is 11.8 Å². The summed E-state index contributed by atoms with van der Waals surface area (Å²) in [6.45, 7) is 0. The fourth-order valence-electron chi connectivity index (χ4n) is 4.02. The molecule has 9 heteroatoms. The van der Waals surface area contributed by atoms with Gasteiger partial charge in [-0.15, -0.1) is 0 Å². The Morgan fingerprint density at radius 2 is 1.51 bits per heavy atom. The summed E-state index contributed by atoms with van der Waals surface area (Å²) in [5.74, 6) is 0.904. The van der Waals surface area contributed by atoms with Crippen molar-refractivity contribution in [1.82, 2.24) is 4.98 Å². The SMILES string of the molecule is COc1cc2nccc(Oc3cccc(NC(=O)C4(C(=O)Nc5ccc(F)cc5)CC4)c3)c2cc1OC. The van der Waals surface area contributed by atoms with Crippen LogP contribution < -0.4 is 24.8 Å². The van der Waals surface area contributed by atoms with Gasteiger partial charge in [0.05, 0.1) is 19.7 Å². The fraction of sp³-hybridized carbons (Fsp3) is 0.179. The molecule has 1 aliphatic carbocycles. The van der Waals surface area contributed by atoms with Crippen molar-refractivity contribution in [2.75, 3.05) is 24.9 Å². The van der Waals surface area contributed by atoms with Crippen molar-refractivity contribution in [1.29, 1.82) is 0 Å². The predicted molar refractivity (Wildman–Crippen MR) is 137 cm³/mol. The van der Waals surface area contributed by atoms with Gasteiger partial charge in [-0.2, -0.15) is 0 Å². The Morgan fingerprint density at radius 3 is 2.19 bits per heavy atom. The van der Waals surface area contributed by atoms with E-state index in [0.29, 0.717) is 52.7 Å². The number of nitrogens with one attached hydrogen (secondary N) is 2. The number of aromatic nitrogens is 1. The van der Waals surface area contributed by atoms with Gasteiger partial charge < -0.3 is 24.8 Å². The zero-order chi connectivity index (χ0) is 26.0. The Labute approximate surface area is 212 Å². The molecule has 0 bridgehead atoms. The Hall–Kier alpha value is -4.66. The van der Waals surface area contributed by atoms with E-state index in [-0.39, 0.29) is 0 Å². The highest BCUT2D eigenvalue weighted by Crippen LogP contribution is 2.47. The average Bonchev–Trinajstić information content (AvgIpc) is 3.72. The van der Waals surface area contributed by atoms with Crippen LogP contribution >= 0.6 is 0 Å². The number of amides is 2. The van der Waals surface area contributed by atoms with Gasteiger partial charge in [-0.25, -0.2) is 4.39 Å². The zero-order valence-corrected chi connectivity index (χ0v) is 20.2. The van der Waals surface area contributed by atoms with Crippen LogP contribution in [0.5, 0.6) is 23.0 Å². The minimum atomic E-state index is -1.16.